The second-order valence-electron chi connectivity index (χ2n) is 8.41. The van der Waals surface area contributed by atoms with Crippen molar-refractivity contribution < 1.29 is 4.79 Å². The summed E-state index contributed by atoms with van der Waals surface area (Å²) in [5.41, 5.74) is 2.87. The first kappa shape index (κ1) is 21.1. The van der Waals surface area contributed by atoms with Gasteiger partial charge in [0.1, 0.15) is 17.5 Å². The highest BCUT2D eigenvalue weighted by atomic mass is 16.1. The Morgan fingerprint density at radius 2 is 1.84 bits per heavy atom. The molecule has 1 aliphatic heterocycles. The minimum atomic E-state index is -0.212. The molecule has 0 atom stereocenters. The number of hydrogen-bond acceptors (Lipinski definition) is 6. The summed E-state index contributed by atoms with van der Waals surface area (Å²) in [5.74, 6) is 0.329. The van der Waals surface area contributed by atoms with Gasteiger partial charge in [-0.15, -0.1) is 0 Å². The predicted octanol–water partition coefficient (Wildman–Crippen LogP) is 3.67. The summed E-state index contributed by atoms with van der Waals surface area (Å²) in [6.45, 7) is 2.81. The fourth-order valence-corrected chi connectivity index (χ4v) is 4.42. The molecule has 31 heavy (non-hydrogen) atoms. The lowest BCUT2D eigenvalue weighted by Gasteiger charge is -2.24. The highest BCUT2D eigenvalue weighted by Crippen LogP contribution is 2.23. The van der Waals surface area contributed by atoms with E-state index in [4.69, 9.17) is 5.26 Å². The van der Waals surface area contributed by atoms with Crippen molar-refractivity contribution in [1.82, 2.24) is 15.3 Å². The van der Waals surface area contributed by atoms with Gasteiger partial charge in [-0.25, -0.2) is 9.97 Å². The van der Waals surface area contributed by atoms with Crippen LogP contribution in [0.15, 0.2) is 30.5 Å². The van der Waals surface area contributed by atoms with E-state index in [1.807, 2.05) is 6.07 Å². The van der Waals surface area contributed by atoms with Gasteiger partial charge in [0.15, 0.2) is 0 Å². The second-order valence-corrected chi connectivity index (χ2v) is 8.41. The number of rotatable bonds is 7. The number of nitrogens with zero attached hydrogens (tertiary/aromatic N) is 4. The van der Waals surface area contributed by atoms with Gasteiger partial charge in [-0.3, -0.25) is 4.79 Å². The molecule has 2 aliphatic rings. The van der Waals surface area contributed by atoms with E-state index in [2.05, 4.69) is 49.8 Å². The number of carbonyl (C=O) groups excluding carboxylic acids is 1. The highest BCUT2D eigenvalue weighted by Gasteiger charge is 2.19. The quantitative estimate of drug-likeness (QED) is 0.713. The van der Waals surface area contributed by atoms with Gasteiger partial charge in [-0.2, -0.15) is 5.26 Å². The van der Waals surface area contributed by atoms with Crippen LogP contribution in [0, 0.1) is 11.3 Å². The van der Waals surface area contributed by atoms with Crippen molar-refractivity contribution in [2.24, 2.45) is 0 Å². The molecule has 2 N–H and O–H groups in total. The van der Waals surface area contributed by atoms with Crippen molar-refractivity contribution in [3.05, 3.63) is 47.4 Å². The van der Waals surface area contributed by atoms with Crippen LogP contribution >= 0.6 is 0 Å². The van der Waals surface area contributed by atoms with Gasteiger partial charge < -0.3 is 15.5 Å². The molecule has 0 radical (unpaired) electrons. The third-order valence-corrected chi connectivity index (χ3v) is 6.19. The molecule has 2 fully saturated rings. The third-order valence-electron chi connectivity index (χ3n) is 6.19. The first-order chi connectivity index (χ1) is 15.2. The number of nitriles is 1. The fourth-order valence-electron chi connectivity index (χ4n) is 4.42. The Labute approximate surface area is 183 Å². The van der Waals surface area contributed by atoms with Crippen LogP contribution in [-0.2, 0) is 6.42 Å². The van der Waals surface area contributed by atoms with Gasteiger partial charge >= 0.3 is 0 Å². The summed E-state index contributed by atoms with van der Waals surface area (Å²) in [7, 11) is 0. The van der Waals surface area contributed by atoms with Crippen molar-refractivity contribution in [1.29, 1.82) is 5.26 Å². The number of anilines is 2. The van der Waals surface area contributed by atoms with E-state index in [-0.39, 0.29) is 17.8 Å². The Hall–Kier alpha value is -3.14. The van der Waals surface area contributed by atoms with E-state index < -0.39 is 0 Å². The molecule has 2 aromatic rings. The summed E-state index contributed by atoms with van der Waals surface area (Å²) in [4.78, 5) is 23.5. The summed E-state index contributed by atoms with van der Waals surface area (Å²) in [5, 5.41) is 15.5. The smallest absolute Gasteiger partial charge is 0.256 e. The van der Waals surface area contributed by atoms with Crippen LogP contribution < -0.4 is 15.5 Å². The van der Waals surface area contributed by atoms with Crippen LogP contribution in [0.2, 0.25) is 0 Å². The fraction of sp³-hybridized carbons (Fsp3) is 0.500. The van der Waals surface area contributed by atoms with Gasteiger partial charge in [0.2, 0.25) is 5.82 Å². The second kappa shape index (κ2) is 10.3. The Kier molecular flexibility index (Phi) is 6.98. The van der Waals surface area contributed by atoms with Gasteiger partial charge in [-0.1, -0.05) is 31.4 Å². The topological polar surface area (TPSA) is 93.9 Å². The van der Waals surface area contributed by atoms with E-state index in [0.717, 1.165) is 32.4 Å². The molecular weight excluding hydrogens is 388 g/mol. The molecule has 0 unspecified atom stereocenters. The summed E-state index contributed by atoms with van der Waals surface area (Å²) < 4.78 is 0. The van der Waals surface area contributed by atoms with E-state index in [0.29, 0.717) is 17.9 Å². The van der Waals surface area contributed by atoms with Crippen molar-refractivity contribution in [3.63, 3.8) is 0 Å². The Bertz CT molecular complexity index is 924. The standard InChI is InChI=1S/C24H30N6O/c25-16-22-27-17-21(23(29-22)28-19-6-2-1-3-7-19)24(31)26-13-12-18-8-10-20(11-9-18)30-14-4-5-15-30/h8-11,17,19H,1-7,12-15H2,(H,26,31)(H,27,28,29). The van der Waals surface area contributed by atoms with Crippen molar-refractivity contribution in [2.75, 3.05) is 29.9 Å². The van der Waals surface area contributed by atoms with Gasteiger partial charge in [0.25, 0.3) is 5.91 Å². The maximum absolute atomic E-state index is 12.8. The maximum atomic E-state index is 12.8. The van der Waals surface area contributed by atoms with Crippen LogP contribution in [0.4, 0.5) is 11.5 Å². The number of amides is 1. The number of aromatic nitrogens is 2. The molecule has 1 aliphatic carbocycles. The van der Waals surface area contributed by atoms with E-state index >= 15 is 0 Å². The predicted molar refractivity (Wildman–Crippen MR) is 121 cm³/mol. The van der Waals surface area contributed by atoms with Crippen LogP contribution in [-0.4, -0.2) is 41.6 Å². The SMILES string of the molecule is N#Cc1ncc(C(=O)NCCc2ccc(N3CCCC3)cc2)c(NC2CCCCC2)n1. The molecule has 1 amide bonds. The number of benzene rings is 1. The molecule has 1 aromatic carbocycles. The van der Waals surface area contributed by atoms with Gasteiger partial charge in [0.05, 0.1) is 0 Å². The maximum Gasteiger partial charge on any atom is 0.256 e. The monoisotopic (exact) mass is 418 g/mol. The molecule has 4 rings (SSSR count). The third kappa shape index (κ3) is 5.52. The minimum absolute atomic E-state index is 0.0768. The zero-order valence-electron chi connectivity index (χ0n) is 17.9. The first-order valence-electron chi connectivity index (χ1n) is 11.4. The molecule has 0 bridgehead atoms. The van der Waals surface area contributed by atoms with Gasteiger partial charge in [-0.05, 0) is 49.8 Å². The summed E-state index contributed by atoms with van der Waals surface area (Å²) in [6, 6.07) is 10.9. The molecule has 2 heterocycles. The van der Waals surface area contributed by atoms with Crippen molar-refractivity contribution in [3.8, 4) is 6.07 Å². The molecular formula is C24H30N6O. The van der Waals surface area contributed by atoms with Gasteiger partial charge in [0, 0.05) is 37.6 Å². The van der Waals surface area contributed by atoms with Crippen LogP contribution in [0.25, 0.3) is 0 Å². The number of hydrogen-bond donors (Lipinski definition) is 2. The molecule has 162 valence electrons. The average molecular weight is 419 g/mol. The first-order valence-corrected chi connectivity index (χ1v) is 11.4. The lowest BCUT2D eigenvalue weighted by molar-refractivity contribution is 0.0954. The largest absolute Gasteiger partial charge is 0.372 e. The normalized spacial score (nSPS) is 16.7. The molecule has 7 nitrogen and oxygen atoms in total. The zero-order valence-corrected chi connectivity index (χ0v) is 17.9. The molecule has 1 saturated heterocycles. The van der Waals surface area contributed by atoms with E-state index in [1.54, 1.807) is 0 Å². The molecule has 1 aromatic heterocycles. The van der Waals surface area contributed by atoms with Crippen LogP contribution in [0.1, 0.15) is 66.7 Å². The zero-order chi connectivity index (χ0) is 21.5. The van der Waals surface area contributed by atoms with E-state index in [9.17, 15) is 4.79 Å². The highest BCUT2D eigenvalue weighted by molar-refractivity contribution is 5.98. The Balaban J connectivity index is 1.35. The van der Waals surface area contributed by atoms with Crippen molar-refractivity contribution in [2.45, 2.75) is 57.4 Å². The van der Waals surface area contributed by atoms with Crippen molar-refractivity contribution >= 4 is 17.4 Å². The number of carbonyl (C=O) groups is 1. The summed E-state index contributed by atoms with van der Waals surface area (Å²) >= 11 is 0. The Morgan fingerprint density at radius 3 is 2.55 bits per heavy atom. The van der Waals surface area contributed by atoms with E-state index in [1.165, 1.54) is 49.6 Å². The molecule has 7 heteroatoms. The molecule has 1 saturated carbocycles. The minimum Gasteiger partial charge on any atom is -0.372 e. The van der Waals surface area contributed by atoms with Crippen LogP contribution in [0.3, 0.4) is 0 Å². The summed E-state index contributed by atoms with van der Waals surface area (Å²) in [6.07, 6.45) is 10.5. The molecule has 0 spiro atoms. The Morgan fingerprint density at radius 1 is 1.10 bits per heavy atom. The average Bonchev–Trinajstić information content (AvgIpc) is 3.35. The lowest BCUT2D eigenvalue weighted by Crippen LogP contribution is -2.29. The lowest BCUT2D eigenvalue weighted by atomic mass is 9.95. The number of nitrogens with one attached hydrogen (secondary N) is 2. The van der Waals surface area contributed by atoms with Crippen LogP contribution in [0.5, 0.6) is 0 Å².